The van der Waals surface area contributed by atoms with Crippen LogP contribution in [-0.4, -0.2) is 12.0 Å². The number of aromatic nitrogens is 1. The summed E-state index contributed by atoms with van der Waals surface area (Å²) in [6.07, 6.45) is 0. The minimum Gasteiger partial charge on any atom is -0.436 e. The molecule has 1 aromatic carbocycles. The predicted octanol–water partition coefficient (Wildman–Crippen LogP) is 4.50. The Labute approximate surface area is 118 Å². The van der Waals surface area contributed by atoms with Gasteiger partial charge in [-0.05, 0) is 18.2 Å². The molecule has 1 aromatic heterocycles. The fourth-order valence-electron chi connectivity index (χ4n) is 1.40. The van der Waals surface area contributed by atoms with Gasteiger partial charge in [-0.15, -0.1) is 0 Å². The number of halogens is 4. The third kappa shape index (κ3) is 3.24. The molecule has 0 atom stereocenters. The molecule has 100 valence electrons. The molecule has 0 saturated carbocycles. The minimum absolute atomic E-state index is 0.121. The fraction of sp³-hybridized carbons (Fsp3) is 0.0833. The average Bonchev–Trinajstić information content (AvgIpc) is 2.31. The van der Waals surface area contributed by atoms with Gasteiger partial charge in [0.25, 0.3) is 5.88 Å². The maximum Gasteiger partial charge on any atom is 0.258 e. The molecule has 1 N–H and O–H groups in total. The van der Waals surface area contributed by atoms with Crippen molar-refractivity contribution in [2.24, 2.45) is 0 Å². The fourth-order valence-corrected chi connectivity index (χ4v) is 1.90. The Morgan fingerprint density at radius 2 is 1.68 bits per heavy atom. The molecule has 0 aliphatic carbocycles. The Hall–Kier alpha value is -1.59. The van der Waals surface area contributed by atoms with Crippen LogP contribution in [0.1, 0.15) is 0 Å². The molecule has 0 bridgehead atoms. The average molecular weight is 305 g/mol. The summed E-state index contributed by atoms with van der Waals surface area (Å²) in [6, 6.07) is 5.07. The van der Waals surface area contributed by atoms with Crippen molar-refractivity contribution in [1.82, 2.24) is 4.98 Å². The second-order valence-corrected chi connectivity index (χ2v) is 4.44. The van der Waals surface area contributed by atoms with Crippen LogP contribution < -0.4 is 10.1 Å². The highest BCUT2D eigenvalue weighted by molar-refractivity contribution is 6.34. The van der Waals surface area contributed by atoms with Crippen LogP contribution in [0.15, 0.2) is 24.3 Å². The lowest BCUT2D eigenvalue weighted by Crippen LogP contribution is -2.01. The van der Waals surface area contributed by atoms with Crippen LogP contribution in [0.2, 0.25) is 10.0 Å². The summed E-state index contributed by atoms with van der Waals surface area (Å²) >= 11 is 11.6. The van der Waals surface area contributed by atoms with E-state index in [1.54, 1.807) is 0 Å². The van der Waals surface area contributed by atoms with E-state index in [4.69, 9.17) is 27.9 Å². The molecule has 0 fully saturated rings. The van der Waals surface area contributed by atoms with E-state index >= 15 is 0 Å². The lowest BCUT2D eigenvalue weighted by Gasteiger charge is -2.09. The molecule has 3 nitrogen and oxygen atoms in total. The van der Waals surface area contributed by atoms with Gasteiger partial charge in [0.15, 0.2) is 17.5 Å². The summed E-state index contributed by atoms with van der Waals surface area (Å²) < 4.78 is 32.0. The van der Waals surface area contributed by atoms with Gasteiger partial charge in [0.1, 0.15) is 5.75 Å². The Kier molecular flexibility index (Phi) is 4.07. The van der Waals surface area contributed by atoms with Crippen molar-refractivity contribution in [3.8, 4) is 11.6 Å². The number of rotatable bonds is 3. The Morgan fingerprint density at radius 1 is 1.05 bits per heavy atom. The third-order valence-corrected chi connectivity index (χ3v) is 2.62. The Balaban J connectivity index is 2.37. The highest BCUT2D eigenvalue weighted by atomic mass is 35.5. The van der Waals surface area contributed by atoms with Crippen LogP contribution in [0.4, 0.5) is 14.6 Å². The molecule has 0 aliphatic rings. The molecule has 1 heterocycles. The standard InChI is InChI=1S/C12H8Cl2F2N2O/c1-17-11-9(15)5-10(16)12(18-11)19-8-3-6(13)2-7(14)4-8/h2-5H,1H3,(H,17,18). The summed E-state index contributed by atoms with van der Waals surface area (Å²) in [5.74, 6) is -2.02. The van der Waals surface area contributed by atoms with Gasteiger partial charge < -0.3 is 10.1 Å². The minimum atomic E-state index is -0.924. The van der Waals surface area contributed by atoms with Crippen LogP contribution in [0.5, 0.6) is 11.6 Å². The number of anilines is 1. The molecule has 0 aliphatic heterocycles. The second-order valence-electron chi connectivity index (χ2n) is 3.56. The first-order valence-electron chi connectivity index (χ1n) is 5.17. The van der Waals surface area contributed by atoms with Gasteiger partial charge in [0.2, 0.25) is 0 Å². The maximum absolute atomic E-state index is 13.5. The first-order valence-corrected chi connectivity index (χ1v) is 5.93. The molecule has 2 rings (SSSR count). The zero-order valence-electron chi connectivity index (χ0n) is 9.68. The van der Waals surface area contributed by atoms with Crippen molar-refractivity contribution < 1.29 is 13.5 Å². The summed E-state index contributed by atoms with van der Waals surface area (Å²) in [5.41, 5.74) is 0. The van der Waals surface area contributed by atoms with Crippen molar-refractivity contribution in [3.05, 3.63) is 45.9 Å². The molecule has 0 amide bonds. The van der Waals surface area contributed by atoms with Crippen LogP contribution in [0.3, 0.4) is 0 Å². The molecular formula is C12H8Cl2F2N2O. The highest BCUT2D eigenvalue weighted by Gasteiger charge is 2.13. The summed E-state index contributed by atoms with van der Waals surface area (Å²) in [4.78, 5) is 3.68. The summed E-state index contributed by atoms with van der Waals surface area (Å²) in [7, 11) is 1.46. The maximum atomic E-state index is 13.5. The number of nitrogens with zero attached hydrogens (tertiary/aromatic N) is 1. The van der Waals surface area contributed by atoms with E-state index in [0.29, 0.717) is 16.1 Å². The van der Waals surface area contributed by atoms with Gasteiger partial charge in [-0.1, -0.05) is 23.2 Å². The van der Waals surface area contributed by atoms with Gasteiger partial charge in [-0.25, -0.2) is 8.78 Å². The zero-order chi connectivity index (χ0) is 14.0. The van der Waals surface area contributed by atoms with Gasteiger partial charge >= 0.3 is 0 Å². The topological polar surface area (TPSA) is 34.2 Å². The number of ether oxygens (including phenoxy) is 1. The SMILES string of the molecule is CNc1nc(Oc2cc(Cl)cc(Cl)c2)c(F)cc1F. The highest BCUT2D eigenvalue weighted by Crippen LogP contribution is 2.30. The number of pyridine rings is 1. The van der Waals surface area contributed by atoms with E-state index in [1.807, 2.05) is 0 Å². The first kappa shape index (κ1) is 13.8. The van der Waals surface area contributed by atoms with Gasteiger partial charge in [-0.2, -0.15) is 4.98 Å². The quantitative estimate of drug-likeness (QED) is 0.906. The number of benzene rings is 1. The van der Waals surface area contributed by atoms with Crippen molar-refractivity contribution >= 4 is 29.0 Å². The monoisotopic (exact) mass is 304 g/mol. The second kappa shape index (κ2) is 5.59. The molecule has 19 heavy (non-hydrogen) atoms. The van der Waals surface area contributed by atoms with Crippen LogP contribution >= 0.6 is 23.2 Å². The van der Waals surface area contributed by atoms with Gasteiger partial charge in [0, 0.05) is 23.2 Å². The molecule has 0 spiro atoms. The predicted molar refractivity (Wildman–Crippen MR) is 70.2 cm³/mol. The molecular weight excluding hydrogens is 297 g/mol. The molecule has 7 heteroatoms. The van der Waals surface area contributed by atoms with E-state index in [9.17, 15) is 8.78 Å². The number of nitrogens with one attached hydrogen (secondary N) is 1. The molecule has 0 unspecified atom stereocenters. The van der Waals surface area contributed by atoms with Crippen LogP contribution in [0, 0.1) is 11.6 Å². The van der Waals surface area contributed by atoms with Crippen molar-refractivity contribution in [2.75, 3.05) is 12.4 Å². The largest absolute Gasteiger partial charge is 0.436 e. The van der Waals surface area contributed by atoms with Gasteiger partial charge in [-0.3, -0.25) is 0 Å². The molecule has 2 aromatic rings. The van der Waals surface area contributed by atoms with Crippen molar-refractivity contribution in [3.63, 3.8) is 0 Å². The van der Waals surface area contributed by atoms with E-state index in [-0.39, 0.29) is 17.4 Å². The van der Waals surface area contributed by atoms with Gasteiger partial charge in [0.05, 0.1) is 0 Å². The lowest BCUT2D eigenvalue weighted by atomic mass is 10.3. The van der Waals surface area contributed by atoms with E-state index in [1.165, 1.54) is 25.2 Å². The van der Waals surface area contributed by atoms with Crippen LogP contribution in [-0.2, 0) is 0 Å². The van der Waals surface area contributed by atoms with E-state index in [0.717, 1.165) is 0 Å². The molecule has 0 saturated heterocycles. The third-order valence-electron chi connectivity index (χ3n) is 2.18. The summed E-state index contributed by atoms with van der Waals surface area (Å²) in [6.45, 7) is 0. The number of hydrogen-bond donors (Lipinski definition) is 1. The summed E-state index contributed by atoms with van der Waals surface area (Å²) in [5, 5.41) is 3.15. The molecule has 0 radical (unpaired) electrons. The Morgan fingerprint density at radius 3 is 2.26 bits per heavy atom. The smallest absolute Gasteiger partial charge is 0.258 e. The first-order chi connectivity index (χ1) is 8.99. The van der Waals surface area contributed by atoms with Crippen LogP contribution in [0.25, 0.3) is 0 Å². The lowest BCUT2D eigenvalue weighted by molar-refractivity contribution is 0.418. The van der Waals surface area contributed by atoms with E-state index < -0.39 is 11.6 Å². The zero-order valence-corrected chi connectivity index (χ0v) is 11.2. The van der Waals surface area contributed by atoms with Crippen molar-refractivity contribution in [1.29, 1.82) is 0 Å². The van der Waals surface area contributed by atoms with E-state index in [2.05, 4.69) is 10.3 Å². The van der Waals surface area contributed by atoms with Crippen molar-refractivity contribution in [2.45, 2.75) is 0 Å². The normalized spacial score (nSPS) is 10.4. The Bertz CT molecular complexity index is 603. The number of hydrogen-bond acceptors (Lipinski definition) is 3.